The first-order valence-corrected chi connectivity index (χ1v) is 8.48. The van der Waals surface area contributed by atoms with Gasteiger partial charge < -0.3 is 9.64 Å². The van der Waals surface area contributed by atoms with E-state index >= 15 is 0 Å². The third kappa shape index (κ3) is 3.52. The summed E-state index contributed by atoms with van der Waals surface area (Å²) in [5.41, 5.74) is 1.93. The standard InChI is InChI=1S/C19H21N3O3/c1-3-25-19(24)16-10-7-11-22(16)18(23)15-12-20-17(21-13(15)2)14-8-5-4-6-9-14/h4-6,8-9,12,16H,3,7,10-11H2,1-2H3/t16-/m1/s1. The van der Waals surface area contributed by atoms with Crippen molar-refractivity contribution in [3.63, 3.8) is 0 Å². The Hall–Kier alpha value is -2.76. The minimum Gasteiger partial charge on any atom is -0.464 e. The predicted octanol–water partition coefficient (Wildman–Crippen LogP) is 2.62. The molecule has 0 spiro atoms. The Morgan fingerprint density at radius 2 is 2.04 bits per heavy atom. The second kappa shape index (κ2) is 7.42. The number of carbonyl (C=O) groups excluding carboxylic acids is 2. The van der Waals surface area contributed by atoms with Crippen molar-refractivity contribution in [2.24, 2.45) is 0 Å². The van der Waals surface area contributed by atoms with Gasteiger partial charge in [-0.3, -0.25) is 4.79 Å². The van der Waals surface area contributed by atoms with Crippen LogP contribution in [-0.2, 0) is 9.53 Å². The van der Waals surface area contributed by atoms with E-state index < -0.39 is 6.04 Å². The fraction of sp³-hybridized carbons (Fsp3) is 0.368. The molecule has 130 valence electrons. The van der Waals surface area contributed by atoms with E-state index in [1.165, 1.54) is 0 Å². The number of carbonyl (C=O) groups is 2. The maximum atomic E-state index is 12.9. The van der Waals surface area contributed by atoms with Crippen molar-refractivity contribution in [1.29, 1.82) is 0 Å². The van der Waals surface area contributed by atoms with Gasteiger partial charge in [0, 0.05) is 18.3 Å². The van der Waals surface area contributed by atoms with E-state index in [1.54, 1.807) is 24.9 Å². The smallest absolute Gasteiger partial charge is 0.328 e. The number of aryl methyl sites for hydroxylation is 1. The Kier molecular flexibility index (Phi) is 5.07. The van der Waals surface area contributed by atoms with Crippen LogP contribution in [0.2, 0.25) is 0 Å². The van der Waals surface area contributed by atoms with Crippen LogP contribution in [0.25, 0.3) is 11.4 Å². The molecule has 25 heavy (non-hydrogen) atoms. The normalized spacial score (nSPS) is 16.7. The number of esters is 1. The van der Waals surface area contributed by atoms with Gasteiger partial charge in [0.1, 0.15) is 6.04 Å². The van der Waals surface area contributed by atoms with Gasteiger partial charge in [-0.05, 0) is 26.7 Å². The number of aromatic nitrogens is 2. The van der Waals surface area contributed by atoms with Gasteiger partial charge in [0.05, 0.1) is 17.9 Å². The molecule has 1 aliphatic rings. The second-order valence-corrected chi connectivity index (χ2v) is 5.97. The zero-order chi connectivity index (χ0) is 17.8. The van der Waals surface area contributed by atoms with E-state index in [9.17, 15) is 9.59 Å². The molecule has 2 aromatic rings. The topological polar surface area (TPSA) is 72.4 Å². The van der Waals surface area contributed by atoms with Crippen molar-refractivity contribution in [2.75, 3.05) is 13.2 Å². The first-order valence-electron chi connectivity index (χ1n) is 8.48. The van der Waals surface area contributed by atoms with E-state index in [-0.39, 0.29) is 11.9 Å². The highest BCUT2D eigenvalue weighted by atomic mass is 16.5. The summed E-state index contributed by atoms with van der Waals surface area (Å²) < 4.78 is 5.09. The molecule has 1 amide bonds. The minimum atomic E-state index is -0.513. The minimum absolute atomic E-state index is 0.215. The van der Waals surface area contributed by atoms with Crippen LogP contribution in [0.5, 0.6) is 0 Å². The van der Waals surface area contributed by atoms with E-state index in [1.807, 2.05) is 30.3 Å². The lowest BCUT2D eigenvalue weighted by molar-refractivity contribution is -0.147. The average Bonchev–Trinajstić information content (AvgIpc) is 3.12. The van der Waals surface area contributed by atoms with Crippen molar-refractivity contribution < 1.29 is 14.3 Å². The number of likely N-dealkylation sites (tertiary alicyclic amines) is 1. The van der Waals surface area contributed by atoms with Crippen LogP contribution in [0.4, 0.5) is 0 Å². The van der Waals surface area contributed by atoms with Gasteiger partial charge in [0.25, 0.3) is 5.91 Å². The van der Waals surface area contributed by atoms with E-state index in [4.69, 9.17) is 4.74 Å². The lowest BCUT2D eigenvalue weighted by Crippen LogP contribution is -2.41. The molecule has 2 heterocycles. The predicted molar refractivity (Wildman–Crippen MR) is 92.9 cm³/mol. The third-order valence-corrected chi connectivity index (χ3v) is 4.31. The molecule has 1 aromatic heterocycles. The van der Waals surface area contributed by atoms with Crippen molar-refractivity contribution in [3.8, 4) is 11.4 Å². The molecule has 6 nitrogen and oxygen atoms in total. The Labute approximate surface area is 146 Å². The van der Waals surface area contributed by atoms with Crippen LogP contribution in [0, 0.1) is 6.92 Å². The summed E-state index contributed by atoms with van der Waals surface area (Å²) in [7, 11) is 0. The monoisotopic (exact) mass is 339 g/mol. The average molecular weight is 339 g/mol. The summed E-state index contributed by atoms with van der Waals surface area (Å²) >= 11 is 0. The van der Waals surface area contributed by atoms with Crippen LogP contribution in [0.15, 0.2) is 36.5 Å². The van der Waals surface area contributed by atoms with Gasteiger partial charge in [-0.1, -0.05) is 30.3 Å². The molecule has 1 aliphatic heterocycles. The molecular weight excluding hydrogens is 318 g/mol. The highest BCUT2D eigenvalue weighted by Gasteiger charge is 2.36. The Morgan fingerprint density at radius 3 is 2.72 bits per heavy atom. The number of benzene rings is 1. The summed E-state index contributed by atoms with van der Waals surface area (Å²) in [4.78, 5) is 35.3. The SMILES string of the molecule is CCOC(=O)[C@H]1CCCN1C(=O)c1cnc(-c2ccccc2)nc1C. The number of nitrogens with zero attached hydrogens (tertiary/aromatic N) is 3. The highest BCUT2D eigenvalue weighted by Crippen LogP contribution is 2.23. The van der Waals surface area contributed by atoms with Crippen molar-refractivity contribution >= 4 is 11.9 Å². The summed E-state index contributed by atoms with van der Waals surface area (Å²) in [6.45, 7) is 4.41. The first-order chi connectivity index (χ1) is 12.1. The van der Waals surface area contributed by atoms with Gasteiger partial charge in [-0.2, -0.15) is 0 Å². The third-order valence-electron chi connectivity index (χ3n) is 4.31. The molecule has 0 N–H and O–H groups in total. The first kappa shape index (κ1) is 17.1. The van der Waals surface area contributed by atoms with Gasteiger partial charge in [0.15, 0.2) is 5.82 Å². The molecule has 1 atom stereocenters. The number of amides is 1. The van der Waals surface area contributed by atoms with Crippen molar-refractivity contribution in [1.82, 2.24) is 14.9 Å². The lowest BCUT2D eigenvalue weighted by atomic mass is 10.1. The molecular formula is C19H21N3O3. The van der Waals surface area contributed by atoms with E-state index in [0.717, 1.165) is 12.0 Å². The Bertz CT molecular complexity index is 777. The summed E-state index contributed by atoms with van der Waals surface area (Å²) in [6, 6.07) is 9.10. The van der Waals surface area contributed by atoms with E-state index in [2.05, 4.69) is 9.97 Å². The number of ether oxygens (including phenoxy) is 1. The van der Waals surface area contributed by atoms with Gasteiger partial charge in [0.2, 0.25) is 0 Å². The molecule has 0 bridgehead atoms. The molecule has 0 saturated carbocycles. The van der Waals surface area contributed by atoms with Gasteiger partial charge in [-0.25, -0.2) is 14.8 Å². The number of rotatable bonds is 4. The van der Waals surface area contributed by atoms with Gasteiger partial charge in [-0.15, -0.1) is 0 Å². The largest absolute Gasteiger partial charge is 0.464 e. The molecule has 6 heteroatoms. The van der Waals surface area contributed by atoms with Crippen LogP contribution in [-0.4, -0.2) is 45.9 Å². The molecule has 0 radical (unpaired) electrons. The van der Waals surface area contributed by atoms with Crippen LogP contribution in [0.3, 0.4) is 0 Å². The fourth-order valence-corrected chi connectivity index (χ4v) is 3.05. The van der Waals surface area contributed by atoms with Crippen molar-refractivity contribution in [2.45, 2.75) is 32.7 Å². The summed E-state index contributed by atoms with van der Waals surface area (Å²) in [5, 5.41) is 0. The number of hydrogen-bond acceptors (Lipinski definition) is 5. The zero-order valence-electron chi connectivity index (χ0n) is 14.4. The van der Waals surface area contributed by atoms with Crippen molar-refractivity contribution in [3.05, 3.63) is 47.8 Å². The quantitative estimate of drug-likeness (QED) is 0.801. The summed E-state index contributed by atoms with van der Waals surface area (Å²) in [6.07, 6.45) is 2.97. The molecule has 0 aliphatic carbocycles. The Balaban J connectivity index is 1.84. The van der Waals surface area contributed by atoms with E-state index in [0.29, 0.717) is 36.7 Å². The fourth-order valence-electron chi connectivity index (χ4n) is 3.05. The van der Waals surface area contributed by atoms with Crippen LogP contribution >= 0.6 is 0 Å². The van der Waals surface area contributed by atoms with Gasteiger partial charge >= 0.3 is 5.97 Å². The molecule has 1 saturated heterocycles. The maximum absolute atomic E-state index is 12.9. The van der Waals surface area contributed by atoms with Crippen LogP contribution in [0.1, 0.15) is 35.8 Å². The lowest BCUT2D eigenvalue weighted by Gasteiger charge is -2.23. The zero-order valence-corrected chi connectivity index (χ0v) is 14.4. The molecule has 0 unspecified atom stereocenters. The second-order valence-electron chi connectivity index (χ2n) is 5.97. The maximum Gasteiger partial charge on any atom is 0.328 e. The Morgan fingerprint density at radius 1 is 1.28 bits per heavy atom. The van der Waals surface area contributed by atoms with Crippen LogP contribution < -0.4 is 0 Å². The highest BCUT2D eigenvalue weighted by molar-refractivity contribution is 5.97. The number of hydrogen-bond donors (Lipinski definition) is 0. The molecule has 3 rings (SSSR count). The molecule has 1 aromatic carbocycles. The summed E-state index contributed by atoms with van der Waals surface area (Å²) in [5.74, 6) is 0.0264. The molecule has 1 fully saturated rings.